The third-order valence-corrected chi connectivity index (χ3v) is 2.32. The van der Waals surface area contributed by atoms with Crippen LogP contribution in [0.4, 0.5) is 4.39 Å². The zero-order valence-corrected chi connectivity index (χ0v) is 8.43. The van der Waals surface area contributed by atoms with Crippen LogP contribution in [0.1, 0.15) is 25.0 Å². The van der Waals surface area contributed by atoms with Crippen molar-refractivity contribution in [1.82, 2.24) is 0 Å². The number of hydrogen-bond donors (Lipinski definition) is 1. The second-order valence-electron chi connectivity index (χ2n) is 3.84. The van der Waals surface area contributed by atoms with E-state index in [0.717, 1.165) is 0 Å². The first-order valence-electron chi connectivity index (χ1n) is 4.29. The van der Waals surface area contributed by atoms with Crippen molar-refractivity contribution in [3.05, 3.63) is 29.1 Å². The molecule has 0 atom stereocenters. The van der Waals surface area contributed by atoms with Crippen LogP contribution in [-0.4, -0.2) is 5.11 Å². The smallest absolute Gasteiger partial charge is 0.130 e. The molecule has 0 saturated heterocycles. The third kappa shape index (κ3) is 1.69. The maximum absolute atomic E-state index is 13.2. The van der Waals surface area contributed by atoms with E-state index in [2.05, 4.69) is 6.07 Å². The lowest BCUT2D eigenvalue weighted by Gasteiger charge is -2.16. The Hall–Kier alpha value is -1.56. The van der Waals surface area contributed by atoms with E-state index < -0.39 is 11.2 Å². The van der Waals surface area contributed by atoms with Gasteiger partial charge in [0, 0.05) is 5.56 Å². The molecular formula is C11H12FNO. The van der Waals surface area contributed by atoms with Crippen molar-refractivity contribution >= 4 is 0 Å². The number of rotatable bonds is 1. The van der Waals surface area contributed by atoms with Crippen LogP contribution in [-0.2, 0) is 5.41 Å². The Morgan fingerprint density at radius 3 is 2.43 bits per heavy atom. The van der Waals surface area contributed by atoms with Gasteiger partial charge in [-0.2, -0.15) is 5.26 Å². The first kappa shape index (κ1) is 10.5. The van der Waals surface area contributed by atoms with Crippen LogP contribution in [0.25, 0.3) is 0 Å². The molecule has 14 heavy (non-hydrogen) atoms. The van der Waals surface area contributed by atoms with Crippen LogP contribution < -0.4 is 0 Å². The highest BCUT2D eigenvalue weighted by Gasteiger charge is 2.22. The number of aromatic hydroxyl groups is 1. The van der Waals surface area contributed by atoms with Crippen molar-refractivity contribution in [2.24, 2.45) is 0 Å². The van der Waals surface area contributed by atoms with E-state index in [9.17, 15) is 9.50 Å². The summed E-state index contributed by atoms with van der Waals surface area (Å²) in [6.45, 7) is 4.85. The van der Waals surface area contributed by atoms with Crippen LogP contribution in [0, 0.1) is 24.1 Å². The van der Waals surface area contributed by atoms with Gasteiger partial charge >= 0.3 is 0 Å². The molecule has 1 aromatic rings. The second kappa shape index (κ2) is 3.30. The van der Waals surface area contributed by atoms with Gasteiger partial charge in [-0.25, -0.2) is 4.39 Å². The lowest BCUT2D eigenvalue weighted by Crippen LogP contribution is -2.14. The van der Waals surface area contributed by atoms with Gasteiger partial charge in [-0.1, -0.05) is 0 Å². The summed E-state index contributed by atoms with van der Waals surface area (Å²) >= 11 is 0. The van der Waals surface area contributed by atoms with Crippen molar-refractivity contribution in [2.45, 2.75) is 26.2 Å². The zero-order valence-electron chi connectivity index (χ0n) is 8.43. The number of phenols is 1. The van der Waals surface area contributed by atoms with Crippen molar-refractivity contribution in [3.8, 4) is 11.8 Å². The Morgan fingerprint density at radius 1 is 1.43 bits per heavy atom. The van der Waals surface area contributed by atoms with Gasteiger partial charge in [0.2, 0.25) is 0 Å². The van der Waals surface area contributed by atoms with Gasteiger partial charge in [0.1, 0.15) is 11.6 Å². The summed E-state index contributed by atoms with van der Waals surface area (Å²) in [5.41, 5.74) is -0.0884. The average Bonchev–Trinajstić information content (AvgIpc) is 2.13. The largest absolute Gasteiger partial charge is 0.508 e. The van der Waals surface area contributed by atoms with E-state index in [1.807, 2.05) is 0 Å². The SMILES string of the molecule is Cc1c(O)cc(C(C)(C)C#N)cc1F. The molecule has 0 unspecified atom stereocenters. The summed E-state index contributed by atoms with van der Waals surface area (Å²) in [5.74, 6) is -0.591. The van der Waals surface area contributed by atoms with E-state index in [-0.39, 0.29) is 11.3 Å². The molecule has 1 aromatic carbocycles. The summed E-state index contributed by atoms with van der Waals surface area (Å²) in [6.07, 6.45) is 0. The van der Waals surface area contributed by atoms with Crippen LogP contribution >= 0.6 is 0 Å². The lowest BCUT2D eigenvalue weighted by molar-refractivity contribution is 0.459. The maximum Gasteiger partial charge on any atom is 0.130 e. The Labute approximate surface area is 82.6 Å². The van der Waals surface area contributed by atoms with E-state index in [1.165, 1.54) is 19.1 Å². The average molecular weight is 193 g/mol. The van der Waals surface area contributed by atoms with Gasteiger partial charge in [-0.05, 0) is 38.5 Å². The minimum atomic E-state index is -0.786. The molecule has 1 rings (SSSR count). The van der Waals surface area contributed by atoms with Gasteiger partial charge in [0.25, 0.3) is 0 Å². The van der Waals surface area contributed by atoms with E-state index in [4.69, 9.17) is 5.26 Å². The highest BCUT2D eigenvalue weighted by Crippen LogP contribution is 2.29. The van der Waals surface area contributed by atoms with E-state index in [0.29, 0.717) is 5.56 Å². The number of nitriles is 1. The quantitative estimate of drug-likeness (QED) is 0.745. The van der Waals surface area contributed by atoms with Crippen molar-refractivity contribution in [2.75, 3.05) is 0 Å². The molecule has 0 aliphatic carbocycles. The number of phenolic OH excluding ortho intramolecular Hbond substituents is 1. The third-order valence-electron chi connectivity index (χ3n) is 2.32. The van der Waals surface area contributed by atoms with Crippen LogP contribution in [0.2, 0.25) is 0 Å². The van der Waals surface area contributed by atoms with Gasteiger partial charge in [0.15, 0.2) is 0 Å². The molecule has 0 amide bonds. The molecule has 0 spiro atoms. The minimum Gasteiger partial charge on any atom is -0.508 e. The molecule has 0 aliphatic heterocycles. The Kier molecular flexibility index (Phi) is 2.48. The lowest BCUT2D eigenvalue weighted by atomic mass is 9.85. The number of nitrogens with zero attached hydrogens (tertiary/aromatic N) is 1. The molecule has 0 bridgehead atoms. The van der Waals surface area contributed by atoms with Crippen molar-refractivity contribution < 1.29 is 9.50 Å². The molecule has 2 nitrogen and oxygen atoms in total. The molecule has 0 radical (unpaired) electrons. The minimum absolute atomic E-state index is 0.108. The monoisotopic (exact) mass is 193 g/mol. The van der Waals surface area contributed by atoms with Crippen LogP contribution in [0.15, 0.2) is 12.1 Å². The van der Waals surface area contributed by atoms with Crippen LogP contribution in [0.3, 0.4) is 0 Å². The normalized spacial score (nSPS) is 11.1. The zero-order chi connectivity index (χ0) is 10.9. The first-order valence-corrected chi connectivity index (χ1v) is 4.29. The molecule has 0 fully saturated rings. The van der Waals surface area contributed by atoms with Gasteiger partial charge in [0.05, 0.1) is 11.5 Å². The molecule has 3 heteroatoms. The Balaban J connectivity index is 3.35. The maximum atomic E-state index is 13.2. The standard InChI is InChI=1S/C11H12FNO/c1-7-9(12)4-8(5-10(7)14)11(2,3)6-13/h4-5,14H,1-3H3. The highest BCUT2D eigenvalue weighted by atomic mass is 19.1. The summed E-state index contributed by atoms with van der Waals surface area (Å²) in [5, 5.41) is 18.2. The second-order valence-corrected chi connectivity index (χ2v) is 3.84. The molecular weight excluding hydrogens is 181 g/mol. The van der Waals surface area contributed by atoms with Crippen molar-refractivity contribution in [1.29, 1.82) is 5.26 Å². The van der Waals surface area contributed by atoms with Gasteiger partial charge in [-0.15, -0.1) is 0 Å². The molecule has 0 saturated carbocycles. The summed E-state index contributed by atoms with van der Waals surface area (Å²) < 4.78 is 13.2. The number of benzene rings is 1. The Bertz CT molecular complexity index is 381. The highest BCUT2D eigenvalue weighted by molar-refractivity contribution is 5.41. The molecule has 74 valence electrons. The predicted octanol–water partition coefficient (Wildman–Crippen LogP) is 2.64. The van der Waals surface area contributed by atoms with Crippen molar-refractivity contribution in [3.63, 3.8) is 0 Å². The molecule has 0 heterocycles. The van der Waals surface area contributed by atoms with Gasteiger partial charge < -0.3 is 5.11 Å². The summed E-state index contributed by atoms with van der Waals surface area (Å²) in [7, 11) is 0. The van der Waals surface area contributed by atoms with E-state index >= 15 is 0 Å². The first-order chi connectivity index (χ1) is 6.38. The molecule has 0 aromatic heterocycles. The van der Waals surface area contributed by atoms with E-state index in [1.54, 1.807) is 13.8 Å². The fraction of sp³-hybridized carbons (Fsp3) is 0.364. The molecule has 1 N–H and O–H groups in total. The summed E-state index contributed by atoms with van der Waals surface area (Å²) in [4.78, 5) is 0. The fourth-order valence-electron chi connectivity index (χ4n) is 1.09. The topological polar surface area (TPSA) is 44.0 Å². The fourth-order valence-corrected chi connectivity index (χ4v) is 1.09. The number of hydrogen-bond acceptors (Lipinski definition) is 2. The molecule has 0 aliphatic rings. The van der Waals surface area contributed by atoms with Crippen LogP contribution in [0.5, 0.6) is 5.75 Å². The number of halogens is 1. The summed E-state index contributed by atoms with van der Waals surface area (Å²) in [6, 6.07) is 4.78. The van der Waals surface area contributed by atoms with Gasteiger partial charge in [-0.3, -0.25) is 0 Å². The predicted molar refractivity (Wildman–Crippen MR) is 51.4 cm³/mol. The Morgan fingerprint density at radius 2 is 2.00 bits per heavy atom.